The van der Waals surface area contributed by atoms with E-state index < -0.39 is 21.7 Å². The molecular weight excluding hydrogens is 414 g/mol. The molecule has 0 unspecified atom stereocenters. The smallest absolute Gasteiger partial charge is 0.251 e. The van der Waals surface area contributed by atoms with Crippen molar-refractivity contribution in [1.82, 2.24) is 5.32 Å². The van der Waals surface area contributed by atoms with Gasteiger partial charge in [-0.25, -0.2) is 17.2 Å². The highest BCUT2D eigenvalue weighted by Gasteiger charge is 2.24. The minimum Gasteiger partial charge on any atom is -0.490 e. The quantitative estimate of drug-likeness (QED) is 0.749. The Kier molecular flexibility index (Phi) is 6.60. The Morgan fingerprint density at radius 2 is 1.60 bits per heavy atom. The number of amides is 1. The largest absolute Gasteiger partial charge is 0.490 e. The maximum absolute atomic E-state index is 13.3. The lowest BCUT2D eigenvalue weighted by Gasteiger charge is -2.29. The van der Waals surface area contributed by atoms with Crippen LogP contribution in [0.25, 0.3) is 0 Å². The molecule has 1 saturated carbocycles. The Hall–Kier alpha value is -2.68. The molecule has 1 aliphatic rings. The van der Waals surface area contributed by atoms with Crippen LogP contribution in [0, 0.1) is 11.6 Å². The molecule has 0 aromatic heterocycles. The second-order valence-electron chi connectivity index (χ2n) is 7.45. The molecule has 6 nitrogen and oxygen atoms in total. The first-order valence-electron chi connectivity index (χ1n) is 9.59. The van der Waals surface area contributed by atoms with E-state index in [1.807, 2.05) is 0 Å². The molecule has 0 bridgehead atoms. The summed E-state index contributed by atoms with van der Waals surface area (Å²) in [5.74, 6) is -1.43. The molecular formula is C21H24F2N2O4S. The summed E-state index contributed by atoms with van der Waals surface area (Å²) in [7, 11) is -1.92. The van der Waals surface area contributed by atoms with E-state index >= 15 is 0 Å². The molecule has 1 fully saturated rings. The summed E-state index contributed by atoms with van der Waals surface area (Å²) < 4.78 is 56.5. The number of nitrogens with one attached hydrogen (secondary N) is 1. The molecule has 0 aliphatic heterocycles. The highest BCUT2D eigenvalue weighted by atomic mass is 32.2. The van der Waals surface area contributed by atoms with Gasteiger partial charge in [-0.2, -0.15) is 0 Å². The number of ether oxygens (including phenoxy) is 1. The molecule has 0 heterocycles. The van der Waals surface area contributed by atoms with Gasteiger partial charge in [0.15, 0.2) is 0 Å². The third kappa shape index (κ3) is 5.69. The minimum atomic E-state index is -3.37. The highest BCUT2D eigenvalue weighted by Crippen LogP contribution is 2.25. The zero-order chi connectivity index (χ0) is 21.9. The van der Waals surface area contributed by atoms with Gasteiger partial charge in [-0.15, -0.1) is 0 Å². The second-order valence-corrected chi connectivity index (χ2v) is 9.46. The van der Waals surface area contributed by atoms with Gasteiger partial charge >= 0.3 is 0 Å². The zero-order valence-electron chi connectivity index (χ0n) is 16.8. The summed E-state index contributed by atoms with van der Waals surface area (Å²) in [6, 6.07) is 9.41. The Bertz CT molecular complexity index is 984. The zero-order valence-corrected chi connectivity index (χ0v) is 17.6. The van der Waals surface area contributed by atoms with Crippen molar-refractivity contribution in [3.63, 3.8) is 0 Å². The van der Waals surface area contributed by atoms with Crippen LogP contribution in [0.1, 0.15) is 36.0 Å². The van der Waals surface area contributed by atoms with Gasteiger partial charge < -0.3 is 10.1 Å². The van der Waals surface area contributed by atoms with Crippen LogP contribution in [0.4, 0.5) is 14.5 Å². The summed E-state index contributed by atoms with van der Waals surface area (Å²) in [6.07, 6.45) is 3.62. The van der Waals surface area contributed by atoms with Crippen molar-refractivity contribution in [3.8, 4) is 5.75 Å². The number of sulfonamides is 1. The standard InChI is InChI=1S/C21H24F2N2O4S/c1-25(30(2,27)28)18-7-3-14(4-8-18)21(26)24-17-5-9-19(10-6-17)29-20-12-15(22)11-16(23)13-20/h3-4,7-8,11-13,17,19H,5-6,9-10H2,1-2H3,(H,24,26). The van der Waals surface area contributed by atoms with Crippen molar-refractivity contribution in [3.05, 3.63) is 59.7 Å². The van der Waals surface area contributed by atoms with E-state index in [0.29, 0.717) is 36.9 Å². The topological polar surface area (TPSA) is 75.7 Å². The summed E-state index contributed by atoms with van der Waals surface area (Å²) in [5, 5.41) is 2.97. The van der Waals surface area contributed by atoms with Crippen LogP contribution < -0.4 is 14.4 Å². The van der Waals surface area contributed by atoms with Crippen LogP contribution in [0.15, 0.2) is 42.5 Å². The molecule has 0 saturated heterocycles. The van der Waals surface area contributed by atoms with E-state index in [0.717, 1.165) is 28.8 Å². The van der Waals surface area contributed by atoms with E-state index in [1.54, 1.807) is 24.3 Å². The van der Waals surface area contributed by atoms with E-state index in [-0.39, 0.29) is 23.8 Å². The number of benzene rings is 2. The number of halogens is 2. The number of anilines is 1. The fourth-order valence-electron chi connectivity index (χ4n) is 3.40. The van der Waals surface area contributed by atoms with Crippen LogP contribution in [-0.2, 0) is 10.0 Å². The number of hydrogen-bond acceptors (Lipinski definition) is 4. The lowest BCUT2D eigenvalue weighted by atomic mass is 9.92. The first-order valence-corrected chi connectivity index (χ1v) is 11.4. The van der Waals surface area contributed by atoms with Gasteiger partial charge in [0.2, 0.25) is 10.0 Å². The predicted octanol–water partition coefficient (Wildman–Crippen LogP) is 3.48. The molecule has 0 spiro atoms. The lowest BCUT2D eigenvalue weighted by molar-refractivity contribution is 0.0893. The molecule has 162 valence electrons. The van der Waals surface area contributed by atoms with Crippen LogP contribution in [0.5, 0.6) is 5.75 Å². The Morgan fingerprint density at radius 1 is 1.03 bits per heavy atom. The summed E-state index contributed by atoms with van der Waals surface area (Å²) >= 11 is 0. The number of rotatable bonds is 6. The molecule has 1 amide bonds. The predicted molar refractivity (Wildman–Crippen MR) is 110 cm³/mol. The van der Waals surface area contributed by atoms with Gasteiger partial charge in [0.1, 0.15) is 17.4 Å². The van der Waals surface area contributed by atoms with Gasteiger partial charge in [-0.1, -0.05) is 0 Å². The van der Waals surface area contributed by atoms with Gasteiger partial charge in [0.25, 0.3) is 5.91 Å². The van der Waals surface area contributed by atoms with Gasteiger partial charge in [-0.3, -0.25) is 9.10 Å². The van der Waals surface area contributed by atoms with E-state index in [4.69, 9.17) is 4.74 Å². The average Bonchev–Trinajstić information content (AvgIpc) is 2.67. The number of carbonyl (C=O) groups excluding carboxylic acids is 1. The third-order valence-electron chi connectivity index (χ3n) is 5.14. The van der Waals surface area contributed by atoms with Crippen molar-refractivity contribution in [2.45, 2.75) is 37.8 Å². The van der Waals surface area contributed by atoms with Gasteiger partial charge in [0, 0.05) is 36.9 Å². The van der Waals surface area contributed by atoms with Crippen molar-refractivity contribution in [2.24, 2.45) is 0 Å². The molecule has 2 aromatic rings. The molecule has 1 aliphatic carbocycles. The van der Waals surface area contributed by atoms with Crippen molar-refractivity contribution in [2.75, 3.05) is 17.6 Å². The van der Waals surface area contributed by atoms with Crippen LogP contribution in [0.3, 0.4) is 0 Å². The summed E-state index contributed by atoms with van der Waals surface area (Å²) in [6.45, 7) is 0. The Balaban J connectivity index is 1.51. The van der Waals surface area contributed by atoms with Gasteiger partial charge in [-0.05, 0) is 49.9 Å². The van der Waals surface area contributed by atoms with Gasteiger partial charge in [0.05, 0.1) is 18.0 Å². The van der Waals surface area contributed by atoms with Crippen LogP contribution in [0.2, 0.25) is 0 Å². The van der Waals surface area contributed by atoms with E-state index in [2.05, 4.69) is 5.32 Å². The summed E-state index contributed by atoms with van der Waals surface area (Å²) in [4.78, 5) is 12.5. The lowest BCUT2D eigenvalue weighted by Crippen LogP contribution is -2.39. The fourth-order valence-corrected chi connectivity index (χ4v) is 3.90. The monoisotopic (exact) mass is 438 g/mol. The average molecular weight is 438 g/mol. The number of nitrogens with zero attached hydrogens (tertiary/aromatic N) is 1. The number of carbonyl (C=O) groups is 1. The molecule has 0 radical (unpaired) electrons. The maximum Gasteiger partial charge on any atom is 0.251 e. The first kappa shape index (κ1) is 22.0. The van der Waals surface area contributed by atoms with E-state index in [1.165, 1.54) is 7.05 Å². The maximum atomic E-state index is 13.3. The van der Waals surface area contributed by atoms with Crippen molar-refractivity contribution >= 4 is 21.6 Å². The van der Waals surface area contributed by atoms with Crippen LogP contribution in [-0.4, -0.2) is 39.8 Å². The Morgan fingerprint density at radius 3 is 2.13 bits per heavy atom. The second kappa shape index (κ2) is 8.99. The SMILES string of the molecule is CN(c1ccc(C(=O)NC2CCC(Oc3cc(F)cc(F)c3)CC2)cc1)S(C)(=O)=O. The molecule has 30 heavy (non-hydrogen) atoms. The van der Waals surface area contributed by atoms with Crippen molar-refractivity contribution in [1.29, 1.82) is 0 Å². The highest BCUT2D eigenvalue weighted by molar-refractivity contribution is 7.92. The van der Waals surface area contributed by atoms with Crippen molar-refractivity contribution < 1.29 is 26.7 Å². The molecule has 3 rings (SSSR count). The van der Waals surface area contributed by atoms with E-state index in [9.17, 15) is 22.0 Å². The molecule has 9 heteroatoms. The first-order chi connectivity index (χ1) is 14.1. The normalized spacial score (nSPS) is 19.2. The van der Waals surface area contributed by atoms with Crippen LogP contribution >= 0.6 is 0 Å². The third-order valence-corrected chi connectivity index (χ3v) is 6.34. The minimum absolute atomic E-state index is 0.0278. The fraction of sp³-hybridized carbons (Fsp3) is 0.381. The molecule has 1 N–H and O–H groups in total. The molecule has 2 aromatic carbocycles. The molecule has 0 atom stereocenters. The summed E-state index contributed by atoms with van der Waals surface area (Å²) in [5.41, 5.74) is 0.912. The number of hydrogen-bond donors (Lipinski definition) is 1. The Labute approximate surface area is 174 Å².